The number of nitrogens with zero attached hydrogens (tertiary/aromatic N) is 2. The van der Waals surface area contributed by atoms with E-state index in [1.165, 1.54) is 37.2 Å². The van der Waals surface area contributed by atoms with Gasteiger partial charge in [-0.25, -0.2) is 4.98 Å². The average molecular weight is 251 g/mol. The highest BCUT2D eigenvalue weighted by molar-refractivity contribution is 7.09. The van der Waals surface area contributed by atoms with Crippen molar-refractivity contribution in [2.45, 2.75) is 50.7 Å². The molecule has 1 aliphatic heterocycles. The molecule has 1 unspecified atom stereocenters. The van der Waals surface area contributed by atoms with Gasteiger partial charge in [0.05, 0.1) is 6.54 Å². The van der Waals surface area contributed by atoms with Gasteiger partial charge in [0.25, 0.3) is 0 Å². The summed E-state index contributed by atoms with van der Waals surface area (Å²) < 4.78 is 0. The Morgan fingerprint density at radius 2 is 2.35 bits per heavy atom. The molecule has 2 heterocycles. The van der Waals surface area contributed by atoms with E-state index in [-0.39, 0.29) is 0 Å². The lowest BCUT2D eigenvalue weighted by Gasteiger charge is -2.45. The highest BCUT2D eigenvalue weighted by atomic mass is 32.1. The normalized spacial score (nSPS) is 28.9. The summed E-state index contributed by atoms with van der Waals surface area (Å²) in [5.41, 5.74) is 0.420. The van der Waals surface area contributed by atoms with Crippen LogP contribution in [0.2, 0.25) is 0 Å². The molecule has 0 aromatic carbocycles. The van der Waals surface area contributed by atoms with Crippen molar-refractivity contribution in [1.82, 2.24) is 15.2 Å². The molecule has 3 rings (SSSR count). The molecule has 1 atom stereocenters. The van der Waals surface area contributed by atoms with E-state index in [9.17, 15) is 0 Å². The first-order chi connectivity index (χ1) is 8.27. The summed E-state index contributed by atoms with van der Waals surface area (Å²) in [7, 11) is 0. The summed E-state index contributed by atoms with van der Waals surface area (Å²) >= 11 is 1.78. The van der Waals surface area contributed by atoms with Gasteiger partial charge in [0.1, 0.15) is 5.01 Å². The van der Waals surface area contributed by atoms with Crippen LogP contribution in [-0.2, 0) is 6.54 Å². The third-order valence-electron chi connectivity index (χ3n) is 4.28. The second-order valence-electron chi connectivity index (χ2n) is 5.55. The number of thiazole rings is 1. The second kappa shape index (κ2) is 4.67. The maximum Gasteiger partial charge on any atom is 0.107 e. The summed E-state index contributed by atoms with van der Waals surface area (Å²) in [5, 5.41) is 7.13. The van der Waals surface area contributed by atoms with E-state index in [4.69, 9.17) is 0 Å². The largest absolute Gasteiger partial charge is 0.308 e. The molecular weight excluding hydrogens is 230 g/mol. The van der Waals surface area contributed by atoms with E-state index in [1.807, 2.05) is 6.20 Å². The zero-order valence-corrected chi connectivity index (χ0v) is 11.3. The maximum atomic E-state index is 4.42. The summed E-state index contributed by atoms with van der Waals surface area (Å²) in [5.74, 6) is 0. The molecule has 1 aromatic rings. The van der Waals surface area contributed by atoms with Gasteiger partial charge in [-0.05, 0) is 19.8 Å². The van der Waals surface area contributed by atoms with Gasteiger partial charge in [0, 0.05) is 36.2 Å². The number of hydrogen-bond acceptors (Lipinski definition) is 4. The molecular formula is C13H21N3S. The Bertz CT molecular complexity index is 357. The monoisotopic (exact) mass is 251 g/mol. The van der Waals surface area contributed by atoms with E-state index in [0.717, 1.165) is 13.1 Å². The van der Waals surface area contributed by atoms with E-state index >= 15 is 0 Å². The second-order valence-corrected chi connectivity index (χ2v) is 6.53. The van der Waals surface area contributed by atoms with E-state index < -0.39 is 0 Å². The van der Waals surface area contributed by atoms with Crippen LogP contribution in [-0.4, -0.2) is 34.6 Å². The predicted octanol–water partition coefficient (Wildman–Crippen LogP) is 2.25. The molecule has 0 amide bonds. The first kappa shape index (κ1) is 11.6. The third-order valence-corrected chi connectivity index (χ3v) is 5.05. The summed E-state index contributed by atoms with van der Waals surface area (Å²) in [6.07, 6.45) is 7.42. The zero-order chi connectivity index (χ0) is 11.7. The van der Waals surface area contributed by atoms with Crippen LogP contribution < -0.4 is 5.32 Å². The maximum absolute atomic E-state index is 4.42. The summed E-state index contributed by atoms with van der Waals surface area (Å²) in [4.78, 5) is 7.03. The van der Waals surface area contributed by atoms with Crippen molar-refractivity contribution >= 4 is 11.3 Å². The van der Waals surface area contributed by atoms with Crippen LogP contribution in [0.4, 0.5) is 0 Å². The fourth-order valence-electron chi connectivity index (χ4n) is 3.20. The molecule has 0 bridgehead atoms. The Morgan fingerprint density at radius 3 is 3.06 bits per heavy atom. The van der Waals surface area contributed by atoms with Crippen molar-refractivity contribution in [3.05, 3.63) is 16.6 Å². The Labute approximate surface area is 107 Å². The van der Waals surface area contributed by atoms with Gasteiger partial charge < -0.3 is 5.32 Å². The topological polar surface area (TPSA) is 28.2 Å². The van der Waals surface area contributed by atoms with Gasteiger partial charge in [-0.2, -0.15) is 0 Å². The van der Waals surface area contributed by atoms with Crippen LogP contribution in [0.15, 0.2) is 11.6 Å². The highest BCUT2D eigenvalue weighted by Gasteiger charge is 2.39. The predicted molar refractivity (Wildman–Crippen MR) is 71.2 cm³/mol. The average Bonchev–Trinajstić information content (AvgIpc) is 2.96. The molecule has 4 heteroatoms. The molecule has 2 fully saturated rings. The summed E-state index contributed by atoms with van der Waals surface area (Å²) in [6, 6.07) is 0.630. The van der Waals surface area contributed by atoms with Gasteiger partial charge in [-0.3, -0.25) is 4.90 Å². The fourth-order valence-corrected chi connectivity index (χ4v) is 3.84. The van der Waals surface area contributed by atoms with E-state index in [1.54, 1.807) is 11.3 Å². The SMILES string of the molecule is CC1CNC2(CCCC2)CN1Cc1nccs1. The van der Waals surface area contributed by atoms with Crippen molar-refractivity contribution in [3.8, 4) is 0 Å². The number of nitrogens with one attached hydrogen (secondary N) is 1. The van der Waals surface area contributed by atoms with E-state index in [0.29, 0.717) is 11.6 Å². The smallest absolute Gasteiger partial charge is 0.107 e. The molecule has 1 spiro atoms. The Morgan fingerprint density at radius 1 is 1.53 bits per heavy atom. The molecule has 0 radical (unpaired) electrons. The lowest BCUT2D eigenvalue weighted by Crippen LogP contribution is -2.61. The molecule has 1 N–H and O–H groups in total. The van der Waals surface area contributed by atoms with Crippen LogP contribution >= 0.6 is 11.3 Å². The minimum absolute atomic E-state index is 0.420. The van der Waals surface area contributed by atoms with Crippen molar-refractivity contribution < 1.29 is 0 Å². The van der Waals surface area contributed by atoms with E-state index in [2.05, 4.69) is 27.5 Å². The zero-order valence-electron chi connectivity index (χ0n) is 10.5. The Hall–Kier alpha value is -0.450. The van der Waals surface area contributed by atoms with Gasteiger partial charge in [0.2, 0.25) is 0 Å². The van der Waals surface area contributed by atoms with Gasteiger partial charge in [-0.15, -0.1) is 11.3 Å². The molecule has 1 aliphatic carbocycles. The first-order valence-electron chi connectivity index (χ1n) is 6.65. The van der Waals surface area contributed by atoms with Crippen LogP contribution in [0, 0.1) is 0 Å². The Kier molecular flexibility index (Phi) is 3.19. The quantitative estimate of drug-likeness (QED) is 0.874. The minimum Gasteiger partial charge on any atom is -0.308 e. The standard InChI is InChI=1S/C13H21N3S/c1-11-8-15-13(4-2-3-5-13)10-16(11)9-12-14-6-7-17-12/h6-7,11,15H,2-5,8-10H2,1H3. The molecule has 1 aromatic heterocycles. The molecule has 2 aliphatic rings. The lowest BCUT2D eigenvalue weighted by atomic mass is 9.92. The van der Waals surface area contributed by atoms with Crippen molar-refractivity contribution in [2.24, 2.45) is 0 Å². The van der Waals surface area contributed by atoms with Crippen molar-refractivity contribution in [1.29, 1.82) is 0 Å². The number of piperazine rings is 1. The van der Waals surface area contributed by atoms with Crippen LogP contribution in [0.1, 0.15) is 37.6 Å². The molecule has 1 saturated carbocycles. The van der Waals surface area contributed by atoms with Crippen LogP contribution in [0.3, 0.4) is 0 Å². The fraction of sp³-hybridized carbons (Fsp3) is 0.769. The first-order valence-corrected chi connectivity index (χ1v) is 7.53. The highest BCUT2D eigenvalue weighted by Crippen LogP contribution is 2.33. The number of rotatable bonds is 2. The molecule has 1 saturated heterocycles. The molecule has 17 heavy (non-hydrogen) atoms. The van der Waals surface area contributed by atoms with Crippen LogP contribution in [0.25, 0.3) is 0 Å². The van der Waals surface area contributed by atoms with Crippen molar-refractivity contribution in [2.75, 3.05) is 13.1 Å². The Balaban J connectivity index is 1.69. The lowest BCUT2D eigenvalue weighted by molar-refractivity contribution is 0.0826. The van der Waals surface area contributed by atoms with Gasteiger partial charge in [-0.1, -0.05) is 12.8 Å². The molecule has 3 nitrogen and oxygen atoms in total. The summed E-state index contributed by atoms with van der Waals surface area (Å²) in [6.45, 7) is 5.68. The van der Waals surface area contributed by atoms with Gasteiger partial charge >= 0.3 is 0 Å². The number of aromatic nitrogens is 1. The molecule has 94 valence electrons. The van der Waals surface area contributed by atoms with Crippen molar-refractivity contribution in [3.63, 3.8) is 0 Å². The van der Waals surface area contributed by atoms with Gasteiger partial charge in [0.15, 0.2) is 0 Å². The van der Waals surface area contributed by atoms with Crippen LogP contribution in [0.5, 0.6) is 0 Å². The number of hydrogen-bond donors (Lipinski definition) is 1. The third kappa shape index (κ3) is 2.39. The minimum atomic E-state index is 0.420.